The summed E-state index contributed by atoms with van der Waals surface area (Å²) in [5.74, 6) is 0. The SMILES string of the molecule is CCCC1CN(Cc2ccnn2C)CCN1. The van der Waals surface area contributed by atoms with Crippen molar-refractivity contribution in [3.63, 3.8) is 0 Å². The minimum absolute atomic E-state index is 0.673. The molecular formula is C12H22N4. The van der Waals surface area contributed by atoms with Gasteiger partial charge in [-0.3, -0.25) is 9.58 Å². The van der Waals surface area contributed by atoms with Crippen LogP contribution in [0.5, 0.6) is 0 Å². The highest BCUT2D eigenvalue weighted by Gasteiger charge is 2.18. The van der Waals surface area contributed by atoms with E-state index in [4.69, 9.17) is 0 Å². The van der Waals surface area contributed by atoms with Gasteiger partial charge in [0.1, 0.15) is 0 Å². The molecule has 0 radical (unpaired) electrons. The summed E-state index contributed by atoms with van der Waals surface area (Å²) in [6.07, 6.45) is 4.42. The molecule has 0 bridgehead atoms. The van der Waals surface area contributed by atoms with Gasteiger partial charge in [-0.15, -0.1) is 0 Å². The maximum atomic E-state index is 4.21. The molecule has 90 valence electrons. The highest BCUT2D eigenvalue weighted by molar-refractivity contribution is 5.00. The van der Waals surface area contributed by atoms with E-state index < -0.39 is 0 Å². The summed E-state index contributed by atoms with van der Waals surface area (Å²) in [5, 5.41) is 7.79. The normalized spacial score (nSPS) is 22.5. The average Bonchev–Trinajstić information content (AvgIpc) is 2.66. The molecule has 0 saturated carbocycles. The highest BCUT2D eigenvalue weighted by atomic mass is 15.3. The fraction of sp³-hybridized carbons (Fsp3) is 0.750. The van der Waals surface area contributed by atoms with Gasteiger partial charge in [-0.25, -0.2) is 0 Å². The highest BCUT2D eigenvalue weighted by Crippen LogP contribution is 2.09. The number of aryl methyl sites for hydroxylation is 1. The standard InChI is InChI=1S/C12H22N4/c1-3-4-11-9-16(8-7-13-11)10-12-5-6-14-15(12)2/h5-6,11,13H,3-4,7-10H2,1-2H3. The fourth-order valence-electron chi connectivity index (χ4n) is 2.37. The molecule has 2 heterocycles. The summed E-state index contributed by atoms with van der Waals surface area (Å²) in [6, 6.07) is 2.78. The predicted octanol–water partition coefficient (Wildman–Crippen LogP) is 0.994. The van der Waals surface area contributed by atoms with E-state index in [0.717, 1.165) is 19.6 Å². The van der Waals surface area contributed by atoms with Crippen LogP contribution in [0, 0.1) is 0 Å². The van der Waals surface area contributed by atoms with Gasteiger partial charge in [-0.1, -0.05) is 13.3 Å². The Bertz CT molecular complexity index is 319. The van der Waals surface area contributed by atoms with Crippen LogP contribution in [0.2, 0.25) is 0 Å². The van der Waals surface area contributed by atoms with Crippen molar-refractivity contribution in [1.82, 2.24) is 20.0 Å². The second-order valence-electron chi connectivity index (χ2n) is 4.62. The van der Waals surface area contributed by atoms with E-state index in [1.54, 1.807) is 0 Å². The van der Waals surface area contributed by atoms with Gasteiger partial charge in [0.2, 0.25) is 0 Å². The average molecular weight is 222 g/mol. The Morgan fingerprint density at radius 1 is 1.56 bits per heavy atom. The lowest BCUT2D eigenvalue weighted by molar-refractivity contribution is 0.183. The molecule has 4 heteroatoms. The zero-order chi connectivity index (χ0) is 11.4. The molecule has 0 aromatic carbocycles. The maximum Gasteiger partial charge on any atom is 0.0521 e. The van der Waals surface area contributed by atoms with Gasteiger partial charge in [0.05, 0.1) is 5.69 Å². The van der Waals surface area contributed by atoms with Crippen LogP contribution in [0.15, 0.2) is 12.3 Å². The van der Waals surface area contributed by atoms with Crippen molar-refractivity contribution in [2.75, 3.05) is 19.6 Å². The first-order valence-electron chi connectivity index (χ1n) is 6.22. The molecule has 1 aliphatic rings. The molecule has 1 aliphatic heterocycles. The van der Waals surface area contributed by atoms with Gasteiger partial charge < -0.3 is 5.32 Å². The Morgan fingerprint density at radius 3 is 3.12 bits per heavy atom. The lowest BCUT2D eigenvalue weighted by Crippen LogP contribution is -2.50. The summed E-state index contributed by atoms with van der Waals surface area (Å²) in [7, 11) is 2.01. The van der Waals surface area contributed by atoms with Crippen LogP contribution in [0.25, 0.3) is 0 Å². The first-order chi connectivity index (χ1) is 7.79. The van der Waals surface area contributed by atoms with Gasteiger partial charge >= 0.3 is 0 Å². The van der Waals surface area contributed by atoms with E-state index >= 15 is 0 Å². The molecule has 1 N–H and O–H groups in total. The number of hydrogen-bond donors (Lipinski definition) is 1. The lowest BCUT2D eigenvalue weighted by atomic mass is 10.1. The minimum atomic E-state index is 0.673. The van der Waals surface area contributed by atoms with E-state index in [0.29, 0.717) is 6.04 Å². The minimum Gasteiger partial charge on any atom is -0.311 e. The monoisotopic (exact) mass is 222 g/mol. The van der Waals surface area contributed by atoms with Gasteiger partial charge in [0.15, 0.2) is 0 Å². The van der Waals surface area contributed by atoms with Crippen molar-refractivity contribution >= 4 is 0 Å². The Hall–Kier alpha value is -0.870. The summed E-state index contributed by atoms with van der Waals surface area (Å²) in [4.78, 5) is 2.52. The largest absolute Gasteiger partial charge is 0.311 e. The molecule has 0 amide bonds. The van der Waals surface area contributed by atoms with Crippen molar-refractivity contribution in [2.45, 2.75) is 32.4 Å². The molecule has 0 spiro atoms. The molecular weight excluding hydrogens is 200 g/mol. The van der Waals surface area contributed by atoms with Crippen molar-refractivity contribution in [3.8, 4) is 0 Å². The van der Waals surface area contributed by atoms with Crippen LogP contribution in [0.3, 0.4) is 0 Å². The first-order valence-corrected chi connectivity index (χ1v) is 6.22. The van der Waals surface area contributed by atoms with Crippen LogP contribution in [0.4, 0.5) is 0 Å². The third-order valence-electron chi connectivity index (χ3n) is 3.28. The van der Waals surface area contributed by atoms with Gasteiger partial charge in [0, 0.05) is 45.5 Å². The molecule has 1 aromatic heterocycles. The third kappa shape index (κ3) is 2.83. The van der Waals surface area contributed by atoms with Gasteiger partial charge in [0.25, 0.3) is 0 Å². The number of aromatic nitrogens is 2. The van der Waals surface area contributed by atoms with Gasteiger partial charge in [-0.2, -0.15) is 5.10 Å². The third-order valence-corrected chi connectivity index (χ3v) is 3.28. The second-order valence-corrected chi connectivity index (χ2v) is 4.62. The zero-order valence-electron chi connectivity index (χ0n) is 10.3. The molecule has 1 fully saturated rings. The van der Waals surface area contributed by atoms with Crippen LogP contribution in [-0.4, -0.2) is 40.4 Å². The van der Waals surface area contributed by atoms with Crippen molar-refractivity contribution in [2.24, 2.45) is 7.05 Å². The number of nitrogens with one attached hydrogen (secondary N) is 1. The van der Waals surface area contributed by atoms with Gasteiger partial charge in [-0.05, 0) is 12.5 Å². The number of hydrogen-bond acceptors (Lipinski definition) is 3. The molecule has 1 unspecified atom stereocenters. The summed E-state index contributed by atoms with van der Waals surface area (Å²) in [5.41, 5.74) is 1.30. The first kappa shape index (κ1) is 11.6. The van der Waals surface area contributed by atoms with E-state index in [1.807, 2.05) is 17.9 Å². The van der Waals surface area contributed by atoms with E-state index in [2.05, 4.69) is 28.3 Å². The number of nitrogens with zero attached hydrogens (tertiary/aromatic N) is 3. The summed E-state index contributed by atoms with van der Waals surface area (Å²) in [6.45, 7) is 6.70. The molecule has 1 atom stereocenters. The summed E-state index contributed by atoms with van der Waals surface area (Å²) >= 11 is 0. The Labute approximate surface area is 97.6 Å². The zero-order valence-corrected chi connectivity index (χ0v) is 10.3. The Morgan fingerprint density at radius 2 is 2.44 bits per heavy atom. The topological polar surface area (TPSA) is 33.1 Å². The molecule has 16 heavy (non-hydrogen) atoms. The van der Waals surface area contributed by atoms with Crippen LogP contribution >= 0.6 is 0 Å². The van der Waals surface area contributed by atoms with E-state index in [-0.39, 0.29) is 0 Å². The Balaban J connectivity index is 1.88. The predicted molar refractivity (Wildman–Crippen MR) is 65.2 cm³/mol. The molecule has 1 saturated heterocycles. The van der Waals surface area contributed by atoms with Crippen molar-refractivity contribution < 1.29 is 0 Å². The van der Waals surface area contributed by atoms with Crippen LogP contribution in [-0.2, 0) is 13.6 Å². The fourth-order valence-corrected chi connectivity index (χ4v) is 2.37. The number of rotatable bonds is 4. The molecule has 4 nitrogen and oxygen atoms in total. The molecule has 0 aliphatic carbocycles. The molecule has 1 aromatic rings. The van der Waals surface area contributed by atoms with Crippen LogP contribution in [0.1, 0.15) is 25.5 Å². The van der Waals surface area contributed by atoms with E-state index in [9.17, 15) is 0 Å². The van der Waals surface area contributed by atoms with Crippen molar-refractivity contribution in [1.29, 1.82) is 0 Å². The van der Waals surface area contributed by atoms with Crippen LogP contribution < -0.4 is 5.32 Å². The maximum absolute atomic E-state index is 4.21. The molecule has 2 rings (SSSR count). The Kier molecular flexibility index (Phi) is 3.96. The lowest BCUT2D eigenvalue weighted by Gasteiger charge is -2.33. The summed E-state index contributed by atoms with van der Waals surface area (Å²) < 4.78 is 1.97. The van der Waals surface area contributed by atoms with Crippen molar-refractivity contribution in [3.05, 3.63) is 18.0 Å². The van der Waals surface area contributed by atoms with E-state index in [1.165, 1.54) is 25.1 Å². The smallest absolute Gasteiger partial charge is 0.0521 e. The quantitative estimate of drug-likeness (QED) is 0.825. The number of piperazine rings is 1. The second kappa shape index (κ2) is 5.46.